The third kappa shape index (κ3) is 3.74. The van der Waals surface area contributed by atoms with Gasteiger partial charge < -0.3 is 9.94 Å². The Bertz CT molecular complexity index is 991. The van der Waals surface area contributed by atoms with Crippen LogP contribution in [-0.2, 0) is 6.42 Å². The van der Waals surface area contributed by atoms with Gasteiger partial charge in [-0.05, 0) is 43.4 Å². The topological polar surface area (TPSA) is 71.1 Å². The van der Waals surface area contributed by atoms with Gasteiger partial charge >= 0.3 is 0 Å². The van der Waals surface area contributed by atoms with E-state index in [1.54, 1.807) is 12.4 Å². The van der Waals surface area contributed by atoms with Crippen molar-refractivity contribution in [3.05, 3.63) is 59.7 Å². The van der Waals surface area contributed by atoms with E-state index in [1.165, 1.54) is 43.4 Å². The number of nitrogens with zero attached hydrogens (tertiary/aromatic N) is 3. The zero-order valence-electron chi connectivity index (χ0n) is 16.0. The molecule has 0 unspecified atom stereocenters. The fraction of sp³-hybridized carbons (Fsp3) is 0.391. The quantitative estimate of drug-likeness (QED) is 0.676. The molecular formula is C23H25N3O2. The molecule has 2 heterocycles. The molecular weight excluding hydrogens is 350 g/mol. The van der Waals surface area contributed by atoms with Crippen LogP contribution in [-0.4, -0.2) is 21.4 Å². The highest BCUT2D eigenvalue weighted by atomic mass is 16.7. The summed E-state index contributed by atoms with van der Waals surface area (Å²) in [5.41, 5.74) is 2.88. The van der Waals surface area contributed by atoms with E-state index in [2.05, 4.69) is 17.1 Å². The zero-order chi connectivity index (χ0) is 19.3. The maximum atomic E-state index is 9.51. The van der Waals surface area contributed by atoms with Crippen LogP contribution in [0.25, 0.3) is 10.8 Å². The van der Waals surface area contributed by atoms with Gasteiger partial charge in [-0.1, -0.05) is 31.4 Å². The number of hydrogen-bond donors (Lipinski definition) is 1. The molecule has 1 aliphatic rings. The predicted molar refractivity (Wildman–Crippen MR) is 108 cm³/mol. The summed E-state index contributed by atoms with van der Waals surface area (Å²) in [4.78, 5) is 10.5. The average molecular weight is 375 g/mol. The molecule has 0 amide bonds. The summed E-state index contributed by atoms with van der Waals surface area (Å²) < 4.78 is 1.89. The predicted octanol–water partition coefficient (Wildman–Crippen LogP) is 4.72. The van der Waals surface area contributed by atoms with E-state index in [0.717, 1.165) is 23.6 Å². The number of aryl methyl sites for hydroxylation is 1. The van der Waals surface area contributed by atoms with Crippen molar-refractivity contribution in [2.45, 2.75) is 50.9 Å². The van der Waals surface area contributed by atoms with Crippen molar-refractivity contribution in [3.63, 3.8) is 0 Å². The average Bonchev–Trinajstić information content (AvgIpc) is 3.15. The molecule has 5 heteroatoms. The highest BCUT2D eigenvalue weighted by Crippen LogP contribution is 2.35. The molecule has 2 aromatic heterocycles. The maximum Gasteiger partial charge on any atom is 0.165 e. The first-order valence-electron chi connectivity index (χ1n) is 10.1. The summed E-state index contributed by atoms with van der Waals surface area (Å²) >= 11 is 0. The Morgan fingerprint density at radius 2 is 2.07 bits per heavy atom. The van der Waals surface area contributed by atoms with Crippen molar-refractivity contribution < 1.29 is 9.94 Å². The smallest absolute Gasteiger partial charge is 0.165 e. The molecule has 0 aliphatic heterocycles. The Morgan fingerprint density at radius 1 is 1.21 bits per heavy atom. The van der Waals surface area contributed by atoms with E-state index in [4.69, 9.17) is 4.84 Å². The van der Waals surface area contributed by atoms with E-state index < -0.39 is 0 Å². The lowest BCUT2D eigenvalue weighted by Crippen LogP contribution is -2.14. The number of pyridine rings is 1. The summed E-state index contributed by atoms with van der Waals surface area (Å²) in [6.07, 6.45) is 13.1. The molecule has 1 saturated carbocycles. The molecule has 0 atom stereocenters. The minimum atomic E-state index is 0.187. The van der Waals surface area contributed by atoms with Crippen LogP contribution in [0.5, 0.6) is 5.75 Å². The van der Waals surface area contributed by atoms with Crippen molar-refractivity contribution in [2.24, 2.45) is 0 Å². The molecule has 0 radical (unpaired) electrons. The van der Waals surface area contributed by atoms with E-state index >= 15 is 0 Å². The number of aromatic nitrogens is 2. The summed E-state index contributed by atoms with van der Waals surface area (Å²) in [7, 11) is 0. The minimum absolute atomic E-state index is 0.187. The SMILES string of the molecule is N#Cc1cncc2cccc(On3cc(CCCO)cc3C3CCCCC3)c12. The van der Waals surface area contributed by atoms with Gasteiger partial charge in [0.1, 0.15) is 6.07 Å². The number of rotatable bonds is 6. The van der Waals surface area contributed by atoms with Gasteiger partial charge in [0.2, 0.25) is 0 Å². The number of aliphatic hydroxyl groups excluding tert-OH is 1. The molecule has 4 rings (SSSR count). The monoisotopic (exact) mass is 375 g/mol. The van der Waals surface area contributed by atoms with Crippen LogP contribution in [0.15, 0.2) is 42.9 Å². The van der Waals surface area contributed by atoms with Crippen molar-refractivity contribution in [2.75, 3.05) is 6.61 Å². The van der Waals surface area contributed by atoms with E-state index in [9.17, 15) is 10.4 Å². The Morgan fingerprint density at radius 3 is 2.86 bits per heavy atom. The number of hydrogen-bond acceptors (Lipinski definition) is 4. The fourth-order valence-corrected chi connectivity index (χ4v) is 4.18. The van der Waals surface area contributed by atoms with Crippen LogP contribution >= 0.6 is 0 Å². The number of aliphatic hydroxyl groups is 1. The van der Waals surface area contributed by atoms with Gasteiger partial charge in [0.25, 0.3) is 0 Å². The van der Waals surface area contributed by atoms with Gasteiger partial charge in [0.15, 0.2) is 5.75 Å². The highest BCUT2D eigenvalue weighted by molar-refractivity contribution is 5.92. The zero-order valence-corrected chi connectivity index (χ0v) is 16.0. The standard InChI is InChI=1S/C23H25N3O2/c24-13-20-15-25-14-19-9-4-10-22(23(19)20)28-26-16-17(6-5-11-27)12-21(26)18-7-2-1-3-8-18/h4,9-10,12,14-16,18,27H,1-3,5-8,11H2. The Labute approximate surface area is 165 Å². The van der Waals surface area contributed by atoms with E-state index in [0.29, 0.717) is 17.2 Å². The van der Waals surface area contributed by atoms with Crippen LogP contribution in [0.3, 0.4) is 0 Å². The Hall–Kier alpha value is -2.84. The molecule has 0 saturated heterocycles. The Balaban J connectivity index is 1.74. The number of fused-ring (bicyclic) bond motifs is 1. The molecule has 0 spiro atoms. The molecule has 1 aliphatic carbocycles. The normalized spacial score (nSPS) is 14.9. The first-order valence-corrected chi connectivity index (χ1v) is 10.1. The second-order valence-corrected chi connectivity index (χ2v) is 7.51. The van der Waals surface area contributed by atoms with Gasteiger partial charge in [-0.2, -0.15) is 9.99 Å². The van der Waals surface area contributed by atoms with Crippen molar-refractivity contribution in [1.82, 2.24) is 9.71 Å². The molecule has 28 heavy (non-hydrogen) atoms. The lowest BCUT2D eigenvalue weighted by Gasteiger charge is -2.23. The molecule has 5 nitrogen and oxygen atoms in total. The van der Waals surface area contributed by atoms with Crippen LogP contribution in [0.1, 0.15) is 61.3 Å². The van der Waals surface area contributed by atoms with Crippen LogP contribution < -0.4 is 4.84 Å². The second-order valence-electron chi connectivity index (χ2n) is 7.51. The molecule has 144 valence electrons. The van der Waals surface area contributed by atoms with Crippen molar-refractivity contribution in [3.8, 4) is 11.8 Å². The third-order valence-electron chi connectivity index (χ3n) is 5.58. The van der Waals surface area contributed by atoms with Gasteiger partial charge in [-0.3, -0.25) is 4.98 Å². The largest absolute Gasteiger partial charge is 0.396 e. The number of nitriles is 1. The van der Waals surface area contributed by atoms with Gasteiger partial charge in [0, 0.05) is 41.9 Å². The van der Waals surface area contributed by atoms with E-state index in [-0.39, 0.29) is 6.61 Å². The maximum absolute atomic E-state index is 9.51. The molecule has 1 N–H and O–H groups in total. The Kier molecular flexibility index (Phi) is 5.59. The van der Waals surface area contributed by atoms with Crippen LogP contribution in [0.4, 0.5) is 0 Å². The summed E-state index contributed by atoms with van der Waals surface area (Å²) in [6, 6.07) is 10.2. The van der Waals surface area contributed by atoms with Crippen LogP contribution in [0.2, 0.25) is 0 Å². The lowest BCUT2D eigenvalue weighted by molar-refractivity contribution is 0.200. The van der Waals surface area contributed by atoms with E-state index in [1.807, 2.05) is 29.1 Å². The first kappa shape index (κ1) is 18.5. The summed E-state index contributed by atoms with van der Waals surface area (Å²) in [5.74, 6) is 1.15. The van der Waals surface area contributed by atoms with Crippen molar-refractivity contribution in [1.29, 1.82) is 5.26 Å². The van der Waals surface area contributed by atoms with Gasteiger partial charge in [-0.25, -0.2) is 0 Å². The molecule has 1 aromatic carbocycles. The van der Waals surface area contributed by atoms with Gasteiger partial charge in [0.05, 0.1) is 11.3 Å². The molecule has 1 fully saturated rings. The first-order chi connectivity index (χ1) is 13.8. The highest BCUT2D eigenvalue weighted by Gasteiger charge is 2.21. The number of benzene rings is 1. The third-order valence-corrected chi connectivity index (χ3v) is 5.58. The minimum Gasteiger partial charge on any atom is -0.396 e. The molecule has 0 bridgehead atoms. The van der Waals surface area contributed by atoms with Crippen LogP contribution in [0, 0.1) is 11.3 Å². The fourth-order valence-electron chi connectivity index (χ4n) is 4.18. The lowest BCUT2D eigenvalue weighted by atomic mass is 9.87. The van der Waals surface area contributed by atoms with Gasteiger partial charge in [-0.15, -0.1) is 0 Å². The molecule has 3 aromatic rings. The second kappa shape index (κ2) is 8.45. The summed E-state index contributed by atoms with van der Waals surface area (Å²) in [6.45, 7) is 0.187. The summed E-state index contributed by atoms with van der Waals surface area (Å²) in [5, 5.41) is 20.4. The van der Waals surface area contributed by atoms with Crippen molar-refractivity contribution >= 4 is 10.8 Å².